The molecule has 0 amide bonds. The smallest absolute Gasteiger partial charge is 0.191 e. The molecule has 0 saturated carbocycles. The van der Waals surface area contributed by atoms with Crippen molar-refractivity contribution < 1.29 is 18.9 Å². The molecule has 0 aromatic heterocycles. The SMILES string of the molecule is CN=C(NCCCOCCOC)NCc1ccccc1OCCN1CCOCC1. The summed E-state index contributed by atoms with van der Waals surface area (Å²) in [6, 6.07) is 8.13. The van der Waals surface area contributed by atoms with Crippen molar-refractivity contribution in [3.05, 3.63) is 29.8 Å². The summed E-state index contributed by atoms with van der Waals surface area (Å²) in [4.78, 5) is 6.65. The number of rotatable bonds is 13. The maximum atomic E-state index is 6.04. The van der Waals surface area contributed by atoms with Crippen LogP contribution in [0, 0.1) is 0 Å². The van der Waals surface area contributed by atoms with Crippen LogP contribution in [0.15, 0.2) is 29.3 Å². The molecule has 1 heterocycles. The number of hydrogen-bond acceptors (Lipinski definition) is 6. The Balaban J connectivity index is 1.67. The second-order valence-corrected chi connectivity index (χ2v) is 6.72. The highest BCUT2D eigenvalue weighted by Crippen LogP contribution is 2.17. The van der Waals surface area contributed by atoms with Crippen molar-refractivity contribution in [3.63, 3.8) is 0 Å². The van der Waals surface area contributed by atoms with E-state index in [2.05, 4.69) is 26.6 Å². The molecule has 2 rings (SSSR count). The standard InChI is InChI=1S/C21H36N4O4/c1-22-21(23-8-5-12-27-17-16-26-2)24-18-19-6-3-4-7-20(19)29-15-11-25-9-13-28-14-10-25/h3-4,6-7H,5,8-18H2,1-2H3,(H2,22,23,24). The Morgan fingerprint density at radius 3 is 2.72 bits per heavy atom. The summed E-state index contributed by atoms with van der Waals surface area (Å²) in [5.41, 5.74) is 1.11. The maximum absolute atomic E-state index is 6.04. The third-order valence-corrected chi connectivity index (χ3v) is 4.60. The van der Waals surface area contributed by atoms with E-state index in [9.17, 15) is 0 Å². The van der Waals surface area contributed by atoms with Gasteiger partial charge in [0.25, 0.3) is 0 Å². The number of guanidine groups is 1. The summed E-state index contributed by atoms with van der Waals surface area (Å²) in [5, 5.41) is 6.65. The first-order valence-electron chi connectivity index (χ1n) is 10.4. The molecule has 0 bridgehead atoms. The molecule has 0 radical (unpaired) electrons. The summed E-state index contributed by atoms with van der Waals surface area (Å²) in [6.07, 6.45) is 0.908. The maximum Gasteiger partial charge on any atom is 0.191 e. The fourth-order valence-corrected chi connectivity index (χ4v) is 2.93. The Hall–Kier alpha value is -1.87. The highest BCUT2D eigenvalue weighted by atomic mass is 16.5. The Labute approximate surface area is 174 Å². The lowest BCUT2D eigenvalue weighted by Gasteiger charge is -2.26. The molecule has 8 nitrogen and oxygen atoms in total. The van der Waals surface area contributed by atoms with Crippen molar-refractivity contribution in [2.45, 2.75) is 13.0 Å². The lowest BCUT2D eigenvalue weighted by atomic mass is 10.2. The largest absolute Gasteiger partial charge is 0.492 e. The van der Waals surface area contributed by atoms with Gasteiger partial charge in [0.2, 0.25) is 0 Å². The summed E-state index contributed by atoms with van der Waals surface area (Å²) >= 11 is 0. The van der Waals surface area contributed by atoms with E-state index in [1.54, 1.807) is 14.2 Å². The van der Waals surface area contributed by atoms with Crippen LogP contribution >= 0.6 is 0 Å². The minimum absolute atomic E-state index is 0.630. The number of nitrogens with zero attached hydrogens (tertiary/aromatic N) is 2. The first-order chi connectivity index (χ1) is 14.3. The van der Waals surface area contributed by atoms with E-state index in [1.807, 2.05) is 18.2 Å². The zero-order valence-corrected chi connectivity index (χ0v) is 17.8. The topological polar surface area (TPSA) is 76.6 Å². The molecule has 1 aromatic carbocycles. The van der Waals surface area contributed by atoms with E-state index in [0.717, 1.165) is 63.1 Å². The number of ether oxygens (including phenoxy) is 4. The van der Waals surface area contributed by atoms with Crippen LogP contribution in [0.25, 0.3) is 0 Å². The lowest BCUT2D eigenvalue weighted by molar-refractivity contribution is 0.0322. The van der Waals surface area contributed by atoms with Gasteiger partial charge in [-0.15, -0.1) is 0 Å². The fraction of sp³-hybridized carbons (Fsp3) is 0.667. The van der Waals surface area contributed by atoms with Gasteiger partial charge in [0.05, 0.1) is 26.4 Å². The van der Waals surface area contributed by atoms with Crippen LogP contribution in [-0.4, -0.2) is 90.8 Å². The Kier molecular flexibility index (Phi) is 12.1. The average molecular weight is 409 g/mol. The second-order valence-electron chi connectivity index (χ2n) is 6.72. The van der Waals surface area contributed by atoms with E-state index in [4.69, 9.17) is 18.9 Å². The third-order valence-electron chi connectivity index (χ3n) is 4.60. The first kappa shape index (κ1) is 23.4. The highest BCUT2D eigenvalue weighted by molar-refractivity contribution is 5.79. The van der Waals surface area contributed by atoms with Crippen LogP contribution in [0.4, 0.5) is 0 Å². The fourth-order valence-electron chi connectivity index (χ4n) is 2.93. The van der Waals surface area contributed by atoms with Gasteiger partial charge >= 0.3 is 0 Å². The van der Waals surface area contributed by atoms with E-state index in [0.29, 0.717) is 33.0 Å². The van der Waals surface area contributed by atoms with Gasteiger partial charge in [-0.2, -0.15) is 0 Å². The van der Waals surface area contributed by atoms with Crippen LogP contribution in [0.1, 0.15) is 12.0 Å². The molecule has 1 aliphatic heterocycles. The van der Waals surface area contributed by atoms with Crippen molar-refractivity contribution in [1.29, 1.82) is 0 Å². The first-order valence-corrected chi connectivity index (χ1v) is 10.4. The molecular weight excluding hydrogens is 372 g/mol. The van der Waals surface area contributed by atoms with Gasteiger partial charge in [0.1, 0.15) is 12.4 Å². The molecule has 0 unspecified atom stereocenters. The molecule has 1 aromatic rings. The van der Waals surface area contributed by atoms with E-state index in [1.165, 1.54) is 0 Å². The molecule has 8 heteroatoms. The summed E-state index contributed by atoms with van der Waals surface area (Å²) in [7, 11) is 3.45. The third kappa shape index (κ3) is 9.94. The minimum Gasteiger partial charge on any atom is -0.492 e. The molecule has 2 N–H and O–H groups in total. The van der Waals surface area contributed by atoms with Crippen LogP contribution in [-0.2, 0) is 20.8 Å². The molecule has 0 spiro atoms. The van der Waals surface area contributed by atoms with E-state index in [-0.39, 0.29) is 0 Å². The predicted octanol–water partition coefficient (Wildman–Crippen LogP) is 1.12. The molecule has 1 saturated heterocycles. The van der Waals surface area contributed by atoms with Crippen molar-refractivity contribution >= 4 is 5.96 Å². The molecule has 164 valence electrons. The van der Waals surface area contributed by atoms with Gasteiger partial charge in [0, 0.05) is 59.1 Å². The number of methoxy groups -OCH3 is 1. The zero-order chi connectivity index (χ0) is 20.6. The van der Waals surface area contributed by atoms with E-state index < -0.39 is 0 Å². The summed E-state index contributed by atoms with van der Waals surface area (Å²) in [5.74, 6) is 1.68. The van der Waals surface area contributed by atoms with Crippen molar-refractivity contribution in [2.24, 2.45) is 4.99 Å². The van der Waals surface area contributed by atoms with Crippen LogP contribution < -0.4 is 15.4 Å². The van der Waals surface area contributed by atoms with Gasteiger partial charge in [-0.3, -0.25) is 9.89 Å². The number of aliphatic imine (C=N–C) groups is 1. The molecule has 1 aliphatic rings. The Morgan fingerprint density at radius 1 is 1.10 bits per heavy atom. The quantitative estimate of drug-likeness (QED) is 0.288. The number of hydrogen-bond donors (Lipinski definition) is 2. The van der Waals surface area contributed by atoms with Crippen LogP contribution in [0.3, 0.4) is 0 Å². The normalized spacial score (nSPS) is 15.3. The molecule has 0 atom stereocenters. The zero-order valence-electron chi connectivity index (χ0n) is 17.8. The Morgan fingerprint density at radius 2 is 1.93 bits per heavy atom. The van der Waals surface area contributed by atoms with Crippen molar-refractivity contribution in [1.82, 2.24) is 15.5 Å². The van der Waals surface area contributed by atoms with Gasteiger partial charge in [-0.05, 0) is 12.5 Å². The monoisotopic (exact) mass is 408 g/mol. The number of para-hydroxylation sites is 1. The van der Waals surface area contributed by atoms with Crippen LogP contribution in [0.2, 0.25) is 0 Å². The Bertz CT molecular complexity index is 580. The second kappa shape index (κ2) is 15.0. The van der Waals surface area contributed by atoms with E-state index >= 15 is 0 Å². The molecular formula is C21H36N4O4. The molecule has 0 aliphatic carbocycles. The number of nitrogens with one attached hydrogen (secondary N) is 2. The minimum atomic E-state index is 0.630. The summed E-state index contributed by atoms with van der Waals surface area (Å²) in [6.45, 7) is 8.58. The number of benzene rings is 1. The molecule has 29 heavy (non-hydrogen) atoms. The van der Waals surface area contributed by atoms with Crippen molar-refractivity contribution in [3.8, 4) is 5.75 Å². The van der Waals surface area contributed by atoms with Gasteiger partial charge < -0.3 is 29.6 Å². The van der Waals surface area contributed by atoms with Crippen LogP contribution in [0.5, 0.6) is 5.75 Å². The van der Waals surface area contributed by atoms with Gasteiger partial charge in [0.15, 0.2) is 5.96 Å². The lowest BCUT2D eigenvalue weighted by Crippen LogP contribution is -2.39. The summed E-state index contributed by atoms with van der Waals surface area (Å²) < 4.78 is 21.8. The predicted molar refractivity (Wildman–Crippen MR) is 115 cm³/mol. The van der Waals surface area contributed by atoms with Gasteiger partial charge in [-0.25, -0.2) is 0 Å². The van der Waals surface area contributed by atoms with Crippen molar-refractivity contribution in [2.75, 3.05) is 80.0 Å². The number of morpholine rings is 1. The van der Waals surface area contributed by atoms with Gasteiger partial charge in [-0.1, -0.05) is 18.2 Å². The average Bonchev–Trinajstić information content (AvgIpc) is 2.77. The molecule has 1 fully saturated rings. The highest BCUT2D eigenvalue weighted by Gasteiger charge is 2.10.